The first-order valence-corrected chi connectivity index (χ1v) is 15.6. The van der Waals surface area contributed by atoms with Gasteiger partial charge in [-0.1, -0.05) is 29.8 Å². The van der Waals surface area contributed by atoms with Crippen molar-refractivity contribution in [1.29, 1.82) is 0 Å². The highest BCUT2D eigenvalue weighted by molar-refractivity contribution is 7.91. The Bertz CT molecular complexity index is 1750. The number of anilines is 2. The molecule has 2 aromatic carbocycles. The number of sulfone groups is 1. The maximum absolute atomic E-state index is 12.4. The molecule has 2 atom stereocenters. The average molecular weight is 654 g/mol. The Morgan fingerprint density at radius 1 is 1.11 bits per heavy atom. The summed E-state index contributed by atoms with van der Waals surface area (Å²) in [4.78, 5) is 16.0. The van der Waals surface area contributed by atoms with Gasteiger partial charge in [-0.3, -0.25) is 0 Å². The number of halogens is 4. The van der Waals surface area contributed by atoms with Gasteiger partial charge in [0.05, 0.1) is 11.1 Å². The van der Waals surface area contributed by atoms with Gasteiger partial charge in [-0.25, -0.2) is 18.2 Å². The number of hydrogen-bond donors (Lipinski definition) is 5. The van der Waals surface area contributed by atoms with Crippen LogP contribution >= 0.6 is 11.6 Å². The first-order chi connectivity index (χ1) is 20.6. The third-order valence-corrected chi connectivity index (χ3v) is 8.49. The third-order valence-electron chi connectivity index (χ3n) is 6.84. The Balaban J connectivity index is 1.41. The summed E-state index contributed by atoms with van der Waals surface area (Å²) in [6.45, 7) is 2.41. The number of pyridine rings is 1. The van der Waals surface area contributed by atoms with Gasteiger partial charge in [0, 0.05) is 47.5 Å². The predicted octanol–water partition coefficient (Wildman–Crippen LogP) is 4.62. The minimum atomic E-state index is -4.82. The van der Waals surface area contributed by atoms with Crippen molar-refractivity contribution in [1.82, 2.24) is 14.9 Å². The molecule has 0 aliphatic rings. The number of nitrogens with one attached hydrogen (secondary N) is 2. The number of nitrogens with two attached hydrogens (primary N) is 1. The Labute approximate surface area is 256 Å². The molecule has 0 amide bonds. The fourth-order valence-corrected chi connectivity index (χ4v) is 5.86. The van der Waals surface area contributed by atoms with Gasteiger partial charge in [-0.2, -0.15) is 13.2 Å². The number of alkyl halides is 3. The van der Waals surface area contributed by atoms with Gasteiger partial charge < -0.3 is 31.1 Å². The van der Waals surface area contributed by atoms with E-state index in [0.717, 1.165) is 10.9 Å². The van der Waals surface area contributed by atoms with Crippen LogP contribution in [0.15, 0.2) is 60.8 Å². The van der Waals surface area contributed by atoms with Crippen molar-refractivity contribution in [2.75, 3.05) is 29.2 Å². The maximum atomic E-state index is 12.4. The molecule has 4 rings (SSSR count). The van der Waals surface area contributed by atoms with Crippen molar-refractivity contribution >= 4 is 49.8 Å². The van der Waals surface area contributed by atoms with Gasteiger partial charge in [-0.15, -0.1) is 0 Å². The van der Waals surface area contributed by atoms with Crippen molar-refractivity contribution in [3.05, 3.63) is 88.2 Å². The quantitative estimate of drug-likeness (QED) is 0.139. The Hall–Kier alpha value is -3.85. The van der Waals surface area contributed by atoms with Crippen LogP contribution in [0.3, 0.4) is 0 Å². The largest absolute Gasteiger partial charge is 0.477 e. The number of hydrogen-bond acceptors (Lipinski definition) is 8. The number of aromatic nitrogens is 2. The lowest BCUT2D eigenvalue weighted by Crippen LogP contribution is -2.32. The molecule has 236 valence electrons. The van der Waals surface area contributed by atoms with Crippen LogP contribution in [0.2, 0.25) is 5.02 Å². The van der Waals surface area contributed by atoms with E-state index < -0.39 is 39.7 Å². The van der Waals surface area contributed by atoms with Crippen LogP contribution in [0, 0.1) is 0 Å². The minimum absolute atomic E-state index is 0.0316. The predicted molar refractivity (Wildman–Crippen MR) is 163 cm³/mol. The normalized spacial score (nSPS) is 13.6. The van der Waals surface area contributed by atoms with Crippen molar-refractivity contribution in [3.63, 3.8) is 0 Å². The first-order valence-electron chi connectivity index (χ1n) is 13.4. The number of fused-ring (bicyclic) bond motifs is 1. The second kappa shape index (κ2) is 13.4. The van der Waals surface area contributed by atoms with E-state index in [9.17, 15) is 36.6 Å². The number of aromatic carboxylic acids is 1. The second-order valence-corrected chi connectivity index (χ2v) is 13.0. The zero-order valence-electron chi connectivity index (χ0n) is 23.5. The van der Waals surface area contributed by atoms with Gasteiger partial charge in [-0.05, 0) is 60.9 Å². The summed E-state index contributed by atoms with van der Waals surface area (Å²) >= 11 is 5.99. The number of aliphatic hydroxyl groups excluding tert-OH is 1. The molecule has 2 heterocycles. The van der Waals surface area contributed by atoms with E-state index in [1.807, 2.05) is 25.1 Å². The smallest absolute Gasteiger partial charge is 0.402 e. The molecule has 6 N–H and O–H groups in total. The van der Waals surface area contributed by atoms with Crippen LogP contribution in [-0.2, 0) is 22.8 Å². The number of rotatable bonds is 13. The van der Waals surface area contributed by atoms with Gasteiger partial charge in [0.2, 0.25) is 0 Å². The fourth-order valence-electron chi connectivity index (χ4n) is 4.70. The maximum Gasteiger partial charge on any atom is 0.402 e. The molecule has 2 unspecified atom stereocenters. The summed E-state index contributed by atoms with van der Waals surface area (Å²) in [6.07, 6.45) is -3.59. The number of aliphatic hydroxyl groups is 1. The molecular formula is C29H31ClF3N5O5S. The highest BCUT2D eigenvalue weighted by atomic mass is 35.5. The minimum Gasteiger partial charge on any atom is -0.477 e. The summed E-state index contributed by atoms with van der Waals surface area (Å²) in [5.41, 5.74) is 8.88. The molecule has 0 aliphatic carbocycles. The Morgan fingerprint density at radius 3 is 2.43 bits per heavy atom. The lowest BCUT2D eigenvalue weighted by atomic mass is 10.0. The van der Waals surface area contributed by atoms with Gasteiger partial charge >= 0.3 is 12.1 Å². The van der Waals surface area contributed by atoms with Crippen LogP contribution in [0.4, 0.5) is 24.7 Å². The number of nitrogen functional groups attached to an aromatic ring is 1. The van der Waals surface area contributed by atoms with Crippen molar-refractivity contribution in [2.45, 2.75) is 38.2 Å². The molecule has 4 aromatic rings. The Kier molecular flexibility index (Phi) is 10.1. The second-order valence-electron chi connectivity index (χ2n) is 10.5. The average Bonchev–Trinajstić information content (AvgIpc) is 3.29. The summed E-state index contributed by atoms with van der Waals surface area (Å²) in [5, 5.41) is 27.1. The topological polar surface area (TPSA) is 160 Å². The SMILES string of the molecule is CC(Cc1ccc2c(c1)cc(C(=O)O)n2Cc1ccc(NCS(=O)(=O)CC(F)(F)F)cc1)NCC(O)c1cnc(N)c(Cl)c1. The number of carboxylic acid groups (broad SMARTS) is 1. The molecule has 0 saturated carbocycles. The van der Waals surface area contributed by atoms with Gasteiger partial charge in [0.25, 0.3) is 0 Å². The standard InChI is InChI=1S/C29H31ClF3N5O5S/c1-17(35-13-26(39)21-10-23(30)27(34)36-12-21)8-19-4-7-24-20(9-19)11-25(28(40)41)38(24)14-18-2-5-22(6-3-18)37-16-44(42,43)15-29(31,32)33/h2-7,9-12,17,26,35,37,39H,8,13-16H2,1H3,(H2,34,36)(H,40,41). The first kappa shape index (κ1) is 33.1. The van der Waals surface area contributed by atoms with Crippen molar-refractivity contribution < 1.29 is 36.6 Å². The van der Waals surface area contributed by atoms with Crippen LogP contribution in [-0.4, -0.2) is 64.5 Å². The number of benzene rings is 2. The van der Waals surface area contributed by atoms with Gasteiger partial charge in [0.1, 0.15) is 23.1 Å². The molecule has 2 aromatic heterocycles. The molecule has 0 bridgehead atoms. The van der Waals surface area contributed by atoms with Gasteiger partial charge in [0.15, 0.2) is 9.84 Å². The van der Waals surface area contributed by atoms with E-state index in [1.54, 1.807) is 28.8 Å². The summed E-state index contributed by atoms with van der Waals surface area (Å²) < 4.78 is 62.3. The van der Waals surface area contributed by atoms with E-state index in [-0.39, 0.29) is 35.7 Å². The molecule has 0 spiro atoms. The fraction of sp³-hybridized carbons (Fsp3) is 0.310. The monoisotopic (exact) mass is 653 g/mol. The molecule has 0 fully saturated rings. The molecule has 0 radical (unpaired) electrons. The third kappa shape index (κ3) is 8.85. The van der Waals surface area contributed by atoms with E-state index in [0.29, 0.717) is 28.8 Å². The van der Waals surface area contributed by atoms with Crippen LogP contribution < -0.4 is 16.4 Å². The van der Waals surface area contributed by atoms with E-state index in [1.165, 1.54) is 18.3 Å². The highest BCUT2D eigenvalue weighted by Crippen LogP contribution is 2.25. The number of nitrogens with zero attached hydrogens (tertiary/aromatic N) is 2. The number of carboxylic acids is 1. The molecule has 10 nitrogen and oxygen atoms in total. The summed E-state index contributed by atoms with van der Waals surface area (Å²) in [7, 11) is -4.39. The van der Waals surface area contributed by atoms with E-state index >= 15 is 0 Å². The number of carbonyl (C=O) groups is 1. The lowest BCUT2D eigenvalue weighted by Gasteiger charge is -2.18. The summed E-state index contributed by atoms with van der Waals surface area (Å²) in [6, 6.07) is 15.1. The summed E-state index contributed by atoms with van der Waals surface area (Å²) in [5.74, 6) is -3.71. The van der Waals surface area contributed by atoms with E-state index in [4.69, 9.17) is 17.3 Å². The molecule has 0 saturated heterocycles. The van der Waals surface area contributed by atoms with Crippen LogP contribution in [0.1, 0.15) is 40.2 Å². The highest BCUT2D eigenvalue weighted by Gasteiger charge is 2.34. The van der Waals surface area contributed by atoms with Crippen molar-refractivity contribution in [2.24, 2.45) is 0 Å². The lowest BCUT2D eigenvalue weighted by molar-refractivity contribution is -0.106. The Morgan fingerprint density at radius 2 is 1.80 bits per heavy atom. The molecule has 0 aliphatic heterocycles. The zero-order chi connectivity index (χ0) is 32.2. The molecule has 15 heteroatoms. The van der Waals surface area contributed by atoms with Crippen molar-refractivity contribution in [3.8, 4) is 0 Å². The van der Waals surface area contributed by atoms with E-state index in [2.05, 4.69) is 15.6 Å². The molecule has 44 heavy (non-hydrogen) atoms. The molecular weight excluding hydrogens is 623 g/mol. The zero-order valence-corrected chi connectivity index (χ0v) is 25.0. The van der Waals surface area contributed by atoms with Crippen LogP contribution in [0.25, 0.3) is 10.9 Å². The van der Waals surface area contributed by atoms with Crippen LogP contribution in [0.5, 0.6) is 0 Å².